The Kier molecular flexibility index (Phi) is 3.47. The summed E-state index contributed by atoms with van der Waals surface area (Å²) < 4.78 is 0. The number of benzene rings is 1. The highest BCUT2D eigenvalue weighted by molar-refractivity contribution is 5.85. The van der Waals surface area contributed by atoms with Crippen molar-refractivity contribution in [1.29, 1.82) is 5.26 Å². The first kappa shape index (κ1) is 10.8. The van der Waals surface area contributed by atoms with Crippen LogP contribution in [0.5, 0.6) is 5.75 Å². The second-order valence-electron chi connectivity index (χ2n) is 2.89. The molecule has 15 heavy (non-hydrogen) atoms. The van der Waals surface area contributed by atoms with Gasteiger partial charge in [0.15, 0.2) is 0 Å². The molecule has 1 aromatic carbocycles. The number of rotatable bonds is 3. The number of carbonyl (C=O) groups is 1. The van der Waals surface area contributed by atoms with E-state index in [2.05, 4.69) is 0 Å². The van der Waals surface area contributed by atoms with Gasteiger partial charge < -0.3 is 10.2 Å². The van der Waals surface area contributed by atoms with E-state index in [9.17, 15) is 9.90 Å². The molecule has 0 aromatic heterocycles. The molecule has 1 aromatic rings. The van der Waals surface area contributed by atoms with Crippen molar-refractivity contribution in [3.8, 4) is 11.8 Å². The maximum Gasteiger partial charge on any atom is 0.328 e. The van der Waals surface area contributed by atoms with Crippen LogP contribution < -0.4 is 0 Å². The molecule has 0 amide bonds. The van der Waals surface area contributed by atoms with E-state index >= 15 is 0 Å². The summed E-state index contributed by atoms with van der Waals surface area (Å²) in [7, 11) is 0. The average molecular weight is 203 g/mol. The van der Waals surface area contributed by atoms with Crippen molar-refractivity contribution < 1.29 is 15.0 Å². The van der Waals surface area contributed by atoms with Gasteiger partial charge in [-0.1, -0.05) is 6.07 Å². The summed E-state index contributed by atoms with van der Waals surface area (Å²) >= 11 is 0. The number of aromatic hydroxyl groups is 1. The lowest BCUT2D eigenvalue weighted by Gasteiger charge is -2.00. The van der Waals surface area contributed by atoms with E-state index in [0.717, 1.165) is 6.08 Å². The van der Waals surface area contributed by atoms with E-state index in [1.807, 2.05) is 6.07 Å². The van der Waals surface area contributed by atoms with Crippen LogP contribution in [0, 0.1) is 11.3 Å². The van der Waals surface area contributed by atoms with Crippen LogP contribution in [0.3, 0.4) is 0 Å². The number of phenols is 1. The van der Waals surface area contributed by atoms with Gasteiger partial charge in [0.1, 0.15) is 5.75 Å². The van der Waals surface area contributed by atoms with E-state index in [1.165, 1.54) is 12.1 Å². The maximum absolute atomic E-state index is 10.3. The lowest BCUT2D eigenvalue weighted by molar-refractivity contribution is -0.131. The molecule has 0 heterocycles. The van der Waals surface area contributed by atoms with Gasteiger partial charge in [-0.15, -0.1) is 0 Å². The van der Waals surface area contributed by atoms with Crippen LogP contribution >= 0.6 is 0 Å². The van der Waals surface area contributed by atoms with E-state index in [-0.39, 0.29) is 12.2 Å². The number of hydrogen-bond acceptors (Lipinski definition) is 3. The largest absolute Gasteiger partial charge is 0.508 e. The van der Waals surface area contributed by atoms with Crippen molar-refractivity contribution in [2.75, 3.05) is 0 Å². The van der Waals surface area contributed by atoms with E-state index < -0.39 is 5.97 Å². The van der Waals surface area contributed by atoms with Crippen LogP contribution in [0.15, 0.2) is 24.3 Å². The number of hydrogen-bond donors (Lipinski definition) is 2. The van der Waals surface area contributed by atoms with Gasteiger partial charge in [-0.2, -0.15) is 5.26 Å². The van der Waals surface area contributed by atoms with Crippen LogP contribution in [-0.2, 0) is 11.2 Å². The van der Waals surface area contributed by atoms with E-state index in [0.29, 0.717) is 11.1 Å². The minimum Gasteiger partial charge on any atom is -0.508 e. The highest BCUT2D eigenvalue weighted by atomic mass is 16.4. The normalized spacial score (nSPS) is 10.1. The van der Waals surface area contributed by atoms with Crippen molar-refractivity contribution in [2.45, 2.75) is 6.42 Å². The second-order valence-corrected chi connectivity index (χ2v) is 2.89. The number of phenolic OH excluding ortho intramolecular Hbond substituents is 1. The molecule has 0 fully saturated rings. The highest BCUT2D eigenvalue weighted by Crippen LogP contribution is 2.19. The summed E-state index contributed by atoms with van der Waals surface area (Å²) in [6.07, 6.45) is 2.51. The minimum absolute atomic E-state index is 0.0454. The van der Waals surface area contributed by atoms with Gasteiger partial charge in [0, 0.05) is 11.6 Å². The molecule has 0 saturated heterocycles. The zero-order valence-corrected chi connectivity index (χ0v) is 7.84. The minimum atomic E-state index is -1.04. The third kappa shape index (κ3) is 3.16. The third-order valence-corrected chi connectivity index (χ3v) is 1.79. The topological polar surface area (TPSA) is 81.3 Å². The quantitative estimate of drug-likeness (QED) is 0.730. The van der Waals surface area contributed by atoms with Crippen LogP contribution in [0.25, 0.3) is 6.08 Å². The lowest BCUT2D eigenvalue weighted by atomic mass is 10.1. The van der Waals surface area contributed by atoms with Gasteiger partial charge >= 0.3 is 5.97 Å². The van der Waals surface area contributed by atoms with Crippen LogP contribution in [0.2, 0.25) is 0 Å². The van der Waals surface area contributed by atoms with Gasteiger partial charge in [0.25, 0.3) is 0 Å². The second kappa shape index (κ2) is 4.82. The molecule has 76 valence electrons. The van der Waals surface area contributed by atoms with Crippen molar-refractivity contribution >= 4 is 12.0 Å². The molecule has 0 unspecified atom stereocenters. The molecule has 2 N–H and O–H groups in total. The molecule has 0 aliphatic carbocycles. The standard InChI is InChI=1S/C11H9NO3/c12-6-5-9-7-8(1-3-10(9)13)2-4-11(14)15/h1-4,7,13H,5H2,(H,14,15). The SMILES string of the molecule is N#CCc1cc(C=CC(=O)O)ccc1O. The van der Waals surface area contributed by atoms with Crippen LogP contribution in [0.4, 0.5) is 0 Å². The first-order valence-electron chi connectivity index (χ1n) is 4.23. The maximum atomic E-state index is 10.3. The molecule has 0 aliphatic heterocycles. The summed E-state index contributed by atoms with van der Waals surface area (Å²) in [6.45, 7) is 0. The van der Waals surface area contributed by atoms with E-state index in [4.69, 9.17) is 10.4 Å². The van der Waals surface area contributed by atoms with Gasteiger partial charge in [-0.3, -0.25) is 0 Å². The summed E-state index contributed by atoms with van der Waals surface area (Å²) in [5.41, 5.74) is 1.13. The molecule has 0 radical (unpaired) electrons. The van der Waals surface area contributed by atoms with Gasteiger partial charge in [0.05, 0.1) is 12.5 Å². The lowest BCUT2D eigenvalue weighted by Crippen LogP contribution is -1.87. The summed E-state index contributed by atoms with van der Waals surface area (Å²) in [5.74, 6) is -0.992. The van der Waals surface area contributed by atoms with Crippen molar-refractivity contribution in [2.24, 2.45) is 0 Å². The Labute approximate surface area is 86.7 Å². The molecule has 0 spiro atoms. The Morgan fingerprint density at radius 2 is 2.27 bits per heavy atom. The Bertz CT molecular complexity index is 444. The number of nitriles is 1. The summed E-state index contributed by atoms with van der Waals surface area (Å²) in [4.78, 5) is 10.3. The molecule has 4 heteroatoms. The molecule has 4 nitrogen and oxygen atoms in total. The molecule has 1 rings (SSSR count). The van der Waals surface area contributed by atoms with Gasteiger partial charge in [-0.05, 0) is 23.8 Å². The molecule has 0 atom stereocenters. The van der Waals surface area contributed by atoms with Gasteiger partial charge in [-0.25, -0.2) is 4.79 Å². The smallest absolute Gasteiger partial charge is 0.328 e. The molecular weight excluding hydrogens is 194 g/mol. The molecule has 0 saturated carbocycles. The fourth-order valence-electron chi connectivity index (χ4n) is 1.10. The Balaban J connectivity index is 2.98. The highest BCUT2D eigenvalue weighted by Gasteiger charge is 2.00. The zero-order chi connectivity index (χ0) is 11.3. The van der Waals surface area contributed by atoms with Crippen molar-refractivity contribution in [3.05, 3.63) is 35.4 Å². The number of aliphatic carboxylic acids is 1. The molecule has 0 aliphatic rings. The Morgan fingerprint density at radius 3 is 2.87 bits per heavy atom. The first-order valence-corrected chi connectivity index (χ1v) is 4.23. The monoisotopic (exact) mass is 203 g/mol. The summed E-state index contributed by atoms with van der Waals surface area (Å²) in [5, 5.41) is 26.2. The van der Waals surface area contributed by atoms with Gasteiger partial charge in [0.2, 0.25) is 0 Å². The number of nitrogens with zero attached hydrogens (tertiary/aromatic N) is 1. The predicted octanol–water partition coefficient (Wildman–Crippen LogP) is 1.56. The van der Waals surface area contributed by atoms with Crippen molar-refractivity contribution in [3.63, 3.8) is 0 Å². The van der Waals surface area contributed by atoms with Crippen LogP contribution in [-0.4, -0.2) is 16.2 Å². The molecule has 0 bridgehead atoms. The third-order valence-electron chi connectivity index (χ3n) is 1.79. The zero-order valence-electron chi connectivity index (χ0n) is 7.84. The number of carboxylic acid groups (broad SMARTS) is 1. The predicted molar refractivity (Wildman–Crippen MR) is 54.1 cm³/mol. The first-order chi connectivity index (χ1) is 7.13. The van der Waals surface area contributed by atoms with Crippen molar-refractivity contribution in [1.82, 2.24) is 0 Å². The summed E-state index contributed by atoms with van der Waals surface area (Å²) in [6, 6.07) is 6.52. The van der Waals surface area contributed by atoms with Crippen LogP contribution in [0.1, 0.15) is 11.1 Å². The Morgan fingerprint density at radius 1 is 1.53 bits per heavy atom. The van der Waals surface area contributed by atoms with E-state index in [1.54, 1.807) is 12.1 Å². The number of carboxylic acids is 1. The fourth-order valence-corrected chi connectivity index (χ4v) is 1.10. The Hall–Kier alpha value is -2.28. The fraction of sp³-hybridized carbons (Fsp3) is 0.0909. The average Bonchev–Trinajstić information content (AvgIpc) is 2.19. The molecular formula is C11H9NO3.